The molecule has 2 heterocycles. The summed E-state index contributed by atoms with van der Waals surface area (Å²) in [6.07, 6.45) is -3.61. The fourth-order valence-electron chi connectivity index (χ4n) is 2.77. The molecule has 0 bridgehead atoms. The van der Waals surface area contributed by atoms with Crippen LogP contribution < -0.4 is 4.90 Å². The predicted molar refractivity (Wildman–Crippen MR) is 88.7 cm³/mol. The molecule has 138 valence electrons. The molecule has 0 atom stereocenters. The summed E-state index contributed by atoms with van der Waals surface area (Å²) in [5, 5.41) is 8.92. The van der Waals surface area contributed by atoms with Crippen molar-refractivity contribution in [2.75, 3.05) is 24.5 Å². The minimum Gasteiger partial charge on any atom is -0.328 e. The van der Waals surface area contributed by atoms with E-state index in [9.17, 15) is 22.8 Å². The van der Waals surface area contributed by atoms with Gasteiger partial charge in [-0.25, -0.2) is 0 Å². The largest absolute Gasteiger partial charge is 0.433 e. The summed E-state index contributed by atoms with van der Waals surface area (Å²) in [5.41, 5.74) is -0.402. The van der Waals surface area contributed by atoms with Crippen LogP contribution in [0.3, 0.4) is 0 Å². The Morgan fingerprint density at radius 1 is 1.19 bits per heavy atom. The highest BCUT2D eigenvalue weighted by molar-refractivity contribution is 6.01. The van der Waals surface area contributed by atoms with Crippen molar-refractivity contribution < 1.29 is 22.8 Å². The fraction of sp³-hybridized carbons (Fsp3) is 0.222. The van der Waals surface area contributed by atoms with Gasteiger partial charge in [-0.2, -0.15) is 18.4 Å². The van der Waals surface area contributed by atoms with Gasteiger partial charge in [0.25, 0.3) is 5.91 Å². The number of anilines is 1. The Labute approximate surface area is 152 Å². The summed E-state index contributed by atoms with van der Waals surface area (Å²) in [7, 11) is 0. The first-order chi connectivity index (χ1) is 12.8. The third kappa shape index (κ3) is 3.89. The van der Waals surface area contributed by atoms with Gasteiger partial charge in [-0.3, -0.25) is 14.6 Å². The summed E-state index contributed by atoms with van der Waals surface area (Å²) in [6, 6.07) is 10.2. The summed E-state index contributed by atoms with van der Waals surface area (Å²) in [5.74, 6) is -0.906. The van der Waals surface area contributed by atoms with E-state index in [1.165, 1.54) is 21.9 Å². The van der Waals surface area contributed by atoms with Gasteiger partial charge in [0.15, 0.2) is 0 Å². The Hall–Kier alpha value is -3.41. The molecule has 0 N–H and O–H groups in total. The van der Waals surface area contributed by atoms with Crippen molar-refractivity contribution in [3.05, 3.63) is 59.4 Å². The monoisotopic (exact) mass is 374 g/mol. The molecule has 0 spiro atoms. The van der Waals surface area contributed by atoms with E-state index in [0.29, 0.717) is 5.56 Å². The molecule has 2 amide bonds. The van der Waals surface area contributed by atoms with Crippen molar-refractivity contribution in [2.45, 2.75) is 6.18 Å². The molecule has 1 aromatic heterocycles. The van der Waals surface area contributed by atoms with Crippen molar-refractivity contribution in [3.8, 4) is 6.07 Å². The molecule has 6 nitrogen and oxygen atoms in total. The van der Waals surface area contributed by atoms with E-state index in [2.05, 4.69) is 4.98 Å². The highest BCUT2D eigenvalue weighted by atomic mass is 19.4. The number of benzene rings is 1. The highest BCUT2D eigenvalue weighted by Crippen LogP contribution is 2.30. The van der Waals surface area contributed by atoms with Gasteiger partial charge in [0, 0.05) is 30.5 Å². The number of nitriles is 1. The molecule has 2 aromatic rings. The van der Waals surface area contributed by atoms with E-state index < -0.39 is 23.7 Å². The zero-order chi connectivity index (χ0) is 19.6. The van der Waals surface area contributed by atoms with Crippen LogP contribution in [0.15, 0.2) is 42.6 Å². The summed E-state index contributed by atoms with van der Waals surface area (Å²) in [6.45, 7) is -0.0475. The van der Waals surface area contributed by atoms with Gasteiger partial charge < -0.3 is 9.80 Å². The first-order valence-corrected chi connectivity index (χ1v) is 7.92. The molecule has 0 aliphatic carbocycles. The Morgan fingerprint density at radius 2 is 1.96 bits per heavy atom. The Balaban J connectivity index is 1.75. The number of carbonyl (C=O) groups is 2. The average molecular weight is 374 g/mol. The SMILES string of the molecule is N#Cc1cccc(C(=O)N2CCN(c3ccnc(C(F)(F)F)c3)C(=O)C2)c1. The standard InChI is InChI=1S/C18H13F3N4O2/c19-18(20,21)15-9-14(4-5-23-15)25-7-6-24(11-16(25)26)17(27)13-3-1-2-12(8-13)10-22/h1-5,8-9H,6-7,11H2. The van der Waals surface area contributed by atoms with Gasteiger partial charge in [0.05, 0.1) is 11.6 Å². The molecule has 0 radical (unpaired) electrons. The molecule has 27 heavy (non-hydrogen) atoms. The number of halogens is 3. The van der Waals surface area contributed by atoms with Crippen molar-refractivity contribution in [1.82, 2.24) is 9.88 Å². The van der Waals surface area contributed by atoms with Gasteiger partial charge in [-0.1, -0.05) is 6.07 Å². The maximum Gasteiger partial charge on any atom is 0.433 e. The van der Waals surface area contributed by atoms with Crippen LogP contribution in [-0.2, 0) is 11.0 Å². The third-order valence-corrected chi connectivity index (χ3v) is 4.09. The Kier molecular flexibility index (Phi) is 4.81. The lowest BCUT2D eigenvalue weighted by atomic mass is 10.1. The lowest BCUT2D eigenvalue weighted by Gasteiger charge is -2.34. The number of alkyl halides is 3. The van der Waals surface area contributed by atoms with Crippen LogP contribution in [0, 0.1) is 11.3 Å². The van der Waals surface area contributed by atoms with Gasteiger partial charge in [-0.05, 0) is 30.3 Å². The Bertz CT molecular complexity index is 937. The zero-order valence-electron chi connectivity index (χ0n) is 13.9. The van der Waals surface area contributed by atoms with Crippen LogP contribution in [0.2, 0.25) is 0 Å². The van der Waals surface area contributed by atoms with Crippen LogP contribution in [-0.4, -0.2) is 41.3 Å². The molecular weight excluding hydrogens is 361 g/mol. The molecule has 1 saturated heterocycles. The van der Waals surface area contributed by atoms with Crippen molar-refractivity contribution in [3.63, 3.8) is 0 Å². The smallest absolute Gasteiger partial charge is 0.328 e. The first kappa shape index (κ1) is 18.4. The molecule has 1 aliphatic heterocycles. The number of rotatable bonds is 2. The fourth-order valence-corrected chi connectivity index (χ4v) is 2.77. The van der Waals surface area contributed by atoms with E-state index in [0.717, 1.165) is 12.3 Å². The maximum atomic E-state index is 12.8. The molecule has 1 fully saturated rings. The van der Waals surface area contributed by atoms with Crippen LogP contribution in [0.5, 0.6) is 0 Å². The number of hydrogen-bond donors (Lipinski definition) is 0. The van der Waals surface area contributed by atoms with Crippen LogP contribution >= 0.6 is 0 Å². The zero-order valence-corrected chi connectivity index (χ0v) is 13.9. The molecular formula is C18H13F3N4O2. The summed E-state index contributed by atoms with van der Waals surface area (Å²) in [4.78, 5) is 30.7. The predicted octanol–water partition coefficient (Wildman–Crippen LogP) is 2.46. The molecule has 0 unspecified atom stereocenters. The first-order valence-electron chi connectivity index (χ1n) is 7.92. The summed E-state index contributed by atoms with van der Waals surface area (Å²) >= 11 is 0. The van der Waals surface area contributed by atoms with Crippen LogP contribution in [0.1, 0.15) is 21.6 Å². The second-order valence-electron chi connectivity index (χ2n) is 5.86. The lowest BCUT2D eigenvalue weighted by molar-refractivity contribution is -0.141. The third-order valence-electron chi connectivity index (χ3n) is 4.09. The normalized spacial score (nSPS) is 14.8. The average Bonchev–Trinajstić information content (AvgIpc) is 2.66. The number of amides is 2. The van der Waals surface area contributed by atoms with Gasteiger partial charge >= 0.3 is 6.18 Å². The number of aromatic nitrogens is 1. The molecule has 3 rings (SSSR count). The van der Waals surface area contributed by atoms with E-state index in [1.54, 1.807) is 18.2 Å². The van der Waals surface area contributed by atoms with E-state index in [-0.39, 0.29) is 30.9 Å². The minimum atomic E-state index is -4.61. The van der Waals surface area contributed by atoms with Crippen LogP contribution in [0.4, 0.5) is 18.9 Å². The summed E-state index contributed by atoms with van der Waals surface area (Å²) < 4.78 is 38.4. The van der Waals surface area contributed by atoms with Gasteiger partial charge in [0.1, 0.15) is 12.2 Å². The molecule has 9 heteroatoms. The van der Waals surface area contributed by atoms with E-state index >= 15 is 0 Å². The second kappa shape index (κ2) is 7.07. The van der Waals surface area contributed by atoms with Crippen molar-refractivity contribution in [2.24, 2.45) is 0 Å². The van der Waals surface area contributed by atoms with E-state index in [1.807, 2.05) is 6.07 Å². The number of carbonyl (C=O) groups excluding carboxylic acids is 2. The number of hydrogen-bond acceptors (Lipinski definition) is 4. The highest BCUT2D eigenvalue weighted by Gasteiger charge is 2.34. The second-order valence-corrected chi connectivity index (χ2v) is 5.86. The van der Waals surface area contributed by atoms with Gasteiger partial charge in [-0.15, -0.1) is 0 Å². The van der Waals surface area contributed by atoms with E-state index in [4.69, 9.17) is 5.26 Å². The number of pyridine rings is 1. The maximum absolute atomic E-state index is 12.8. The van der Waals surface area contributed by atoms with Crippen LogP contribution in [0.25, 0.3) is 0 Å². The number of nitrogens with zero attached hydrogens (tertiary/aromatic N) is 4. The topological polar surface area (TPSA) is 77.3 Å². The van der Waals surface area contributed by atoms with Crippen molar-refractivity contribution >= 4 is 17.5 Å². The molecule has 0 saturated carbocycles. The number of piperazine rings is 1. The van der Waals surface area contributed by atoms with Gasteiger partial charge in [0.2, 0.25) is 5.91 Å². The van der Waals surface area contributed by atoms with Crippen molar-refractivity contribution in [1.29, 1.82) is 5.26 Å². The molecule has 1 aromatic carbocycles. The quantitative estimate of drug-likeness (QED) is 0.809. The molecule has 1 aliphatic rings. The lowest BCUT2D eigenvalue weighted by Crippen LogP contribution is -2.52. The Morgan fingerprint density at radius 3 is 2.63 bits per heavy atom. The minimum absolute atomic E-state index is 0.0593.